The summed E-state index contributed by atoms with van der Waals surface area (Å²) in [4.78, 5) is 34.9. The zero-order valence-electron chi connectivity index (χ0n) is 20.8. The van der Waals surface area contributed by atoms with Crippen molar-refractivity contribution in [2.45, 2.75) is 25.7 Å². The number of methoxy groups -OCH3 is 2. The van der Waals surface area contributed by atoms with E-state index in [0.717, 1.165) is 0 Å². The fourth-order valence-electron chi connectivity index (χ4n) is 4.39. The average Bonchev–Trinajstić information content (AvgIpc) is 3.73. The molecule has 0 bridgehead atoms. The molecule has 4 aromatic rings. The first-order valence-corrected chi connectivity index (χ1v) is 12.4. The third-order valence-electron chi connectivity index (χ3n) is 6.70. The van der Waals surface area contributed by atoms with Crippen LogP contribution in [0.25, 0.3) is 11.0 Å². The highest BCUT2D eigenvalue weighted by atomic mass is 35.5. The Hall–Kier alpha value is -4.04. The number of pyridine rings is 2. The van der Waals surface area contributed by atoms with Gasteiger partial charge in [-0.1, -0.05) is 29.8 Å². The summed E-state index contributed by atoms with van der Waals surface area (Å²) in [6.45, 7) is 0. The Morgan fingerprint density at radius 2 is 1.58 bits per heavy atom. The van der Waals surface area contributed by atoms with E-state index in [1.54, 1.807) is 48.7 Å². The Balaban J connectivity index is 1.31. The zero-order valence-corrected chi connectivity index (χ0v) is 21.5. The highest BCUT2D eigenvalue weighted by Crippen LogP contribution is 2.49. The number of halogens is 2. The fraction of sp³-hybridized carbons (Fsp3) is 0.241. The number of Topliss-reactive ketones (excluding diaryl/α,β-unsaturated/α-hetero) is 2. The maximum atomic E-state index is 13.2. The first kappa shape index (κ1) is 25.6. The van der Waals surface area contributed by atoms with Gasteiger partial charge in [0.2, 0.25) is 0 Å². The Kier molecular flexibility index (Phi) is 6.99. The van der Waals surface area contributed by atoms with Crippen LogP contribution in [0, 0.1) is 11.2 Å². The lowest BCUT2D eigenvalue weighted by atomic mass is 9.88. The minimum Gasteiger partial charge on any atom is -0.491 e. The lowest BCUT2D eigenvalue weighted by molar-refractivity contribution is -0.133. The highest BCUT2D eigenvalue weighted by Gasteiger charge is 2.54. The molecule has 2 aromatic heterocycles. The maximum absolute atomic E-state index is 13.2. The van der Waals surface area contributed by atoms with Gasteiger partial charge in [-0.05, 0) is 48.2 Å². The molecule has 2 heterocycles. The van der Waals surface area contributed by atoms with Gasteiger partial charge in [-0.2, -0.15) is 0 Å². The van der Waals surface area contributed by atoms with Crippen molar-refractivity contribution in [3.05, 3.63) is 82.8 Å². The van der Waals surface area contributed by atoms with Gasteiger partial charge < -0.3 is 14.2 Å². The zero-order chi connectivity index (χ0) is 26.9. The topological polar surface area (TPSA) is 87.6 Å². The third kappa shape index (κ3) is 5.04. The monoisotopic (exact) mass is 534 g/mol. The highest BCUT2D eigenvalue weighted by molar-refractivity contribution is 6.32. The first-order valence-electron chi connectivity index (χ1n) is 12.0. The molecule has 1 aliphatic rings. The number of nitrogens with zero attached hydrogens (tertiary/aromatic N) is 2. The van der Waals surface area contributed by atoms with Crippen LogP contribution in [0.1, 0.15) is 24.0 Å². The van der Waals surface area contributed by atoms with Gasteiger partial charge >= 0.3 is 0 Å². The molecule has 38 heavy (non-hydrogen) atoms. The molecular formula is C29H24ClFN2O5. The molecule has 7 nitrogen and oxygen atoms in total. The van der Waals surface area contributed by atoms with Crippen molar-refractivity contribution in [2.75, 3.05) is 14.2 Å². The summed E-state index contributed by atoms with van der Waals surface area (Å²) < 4.78 is 29.8. The van der Waals surface area contributed by atoms with Crippen molar-refractivity contribution in [1.29, 1.82) is 0 Å². The molecule has 0 unspecified atom stereocenters. The van der Waals surface area contributed by atoms with Gasteiger partial charge in [-0.3, -0.25) is 14.6 Å². The second-order valence-electron chi connectivity index (χ2n) is 9.15. The third-order valence-corrected chi connectivity index (χ3v) is 6.99. The maximum Gasteiger partial charge on any atom is 0.257 e. The molecule has 1 fully saturated rings. The summed E-state index contributed by atoms with van der Waals surface area (Å²) in [5.41, 5.74) is 1.42. The largest absolute Gasteiger partial charge is 0.491 e. The van der Waals surface area contributed by atoms with E-state index >= 15 is 0 Å². The van der Waals surface area contributed by atoms with Crippen molar-refractivity contribution in [3.63, 3.8) is 0 Å². The van der Waals surface area contributed by atoms with Gasteiger partial charge in [0.25, 0.3) is 5.88 Å². The smallest absolute Gasteiger partial charge is 0.257 e. The van der Waals surface area contributed by atoms with Crippen LogP contribution < -0.4 is 14.2 Å². The number of carbonyl (C=O) groups excluding carboxylic acids is 2. The average molecular weight is 535 g/mol. The quantitative estimate of drug-likeness (QED) is 0.233. The minimum absolute atomic E-state index is 0.0753. The second-order valence-corrected chi connectivity index (χ2v) is 9.56. The van der Waals surface area contributed by atoms with Crippen molar-refractivity contribution in [1.82, 2.24) is 9.97 Å². The molecule has 0 amide bonds. The molecule has 194 valence electrons. The van der Waals surface area contributed by atoms with Crippen LogP contribution in [0.4, 0.5) is 4.39 Å². The van der Waals surface area contributed by atoms with Gasteiger partial charge in [-0.15, -0.1) is 0 Å². The Morgan fingerprint density at radius 1 is 0.895 bits per heavy atom. The molecule has 1 aliphatic carbocycles. The van der Waals surface area contributed by atoms with E-state index in [0.29, 0.717) is 63.2 Å². The van der Waals surface area contributed by atoms with Gasteiger partial charge in [0.05, 0.1) is 30.2 Å². The molecular weight excluding hydrogens is 511 g/mol. The van der Waals surface area contributed by atoms with Crippen molar-refractivity contribution < 1.29 is 28.2 Å². The molecule has 1 saturated carbocycles. The molecule has 5 rings (SSSR count). The van der Waals surface area contributed by atoms with E-state index in [-0.39, 0.29) is 30.2 Å². The van der Waals surface area contributed by atoms with Gasteiger partial charge in [0, 0.05) is 31.2 Å². The van der Waals surface area contributed by atoms with Crippen LogP contribution in [0.5, 0.6) is 23.1 Å². The Morgan fingerprint density at radius 3 is 2.21 bits per heavy atom. The molecule has 0 radical (unpaired) electrons. The molecule has 9 heteroatoms. The number of hydrogen-bond acceptors (Lipinski definition) is 7. The Labute approximate surface area is 223 Å². The molecule has 0 spiro atoms. The number of carbonyl (C=O) groups is 2. The van der Waals surface area contributed by atoms with Crippen molar-refractivity contribution in [2.24, 2.45) is 5.41 Å². The number of aromatic nitrogens is 2. The summed E-state index contributed by atoms with van der Waals surface area (Å²) in [7, 11) is 3.01. The molecule has 0 aliphatic heterocycles. The molecule has 0 saturated heterocycles. The van der Waals surface area contributed by atoms with Crippen LogP contribution in [-0.4, -0.2) is 35.8 Å². The standard InChI is InChI=1S/C29H24ClFN2O5/c1-36-24-16-21-27(33-28(24)37-2)23(9-12-32-21)38-22-8-5-18(13-20(22)30)15-26(35)29(10-11-29)25(34)14-17-3-6-19(31)7-4-17/h3-9,12-13,16H,10-11,14-15H2,1-2H3. The lowest BCUT2D eigenvalue weighted by Crippen LogP contribution is -2.28. The van der Waals surface area contributed by atoms with Crippen LogP contribution in [-0.2, 0) is 22.4 Å². The normalized spacial score (nSPS) is 13.7. The predicted octanol–water partition coefficient (Wildman–Crippen LogP) is 5.94. The number of ketones is 2. The number of benzene rings is 2. The van der Waals surface area contributed by atoms with Crippen LogP contribution >= 0.6 is 11.6 Å². The predicted molar refractivity (Wildman–Crippen MR) is 140 cm³/mol. The minimum atomic E-state index is -0.974. The molecule has 0 atom stereocenters. The lowest BCUT2D eigenvalue weighted by Gasteiger charge is -2.14. The summed E-state index contributed by atoms with van der Waals surface area (Å²) in [5.74, 6) is 0.896. The van der Waals surface area contributed by atoms with E-state index in [1.807, 2.05) is 0 Å². The van der Waals surface area contributed by atoms with Gasteiger partial charge in [0.1, 0.15) is 17.1 Å². The first-order chi connectivity index (χ1) is 18.3. The van der Waals surface area contributed by atoms with Crippen LogP contribution in [0.15, 0.2) is 60.8 Å². The summed E-state index contributed by atoms with van der Waals surface area (Å²) in [6.07, 6.45) is 2.81. The van der Waals surface area contributed by atoms with E-state index in [9.17, 15) is 14.0 Å². The molecule has 2 aromatic carbocycles. The Bertz CT molecular complexity index is 1540. The van der Waals surface area contributed by atoms with Gasteiger partial charge in [-0.25, -0.2) is 9.37 Å². The van der Waals surface area contributed by atoms with E-state index < -0.39 is 5.41 Å². The van der Waals surface area contributed by atoms with Crippen LogP contribution in [0.3, 0.4) is 0 Å². The van der Waals surface area contributed by atoms with Gasteiger partial charge in [0.15, 0.2) is 23.1 Å². The number of fused-ring (bicyclic) bond motifs is 1. The second kappa shape index (κ2) is 10.4. The van der Waals surface area contributed by atoms with Crippen molar-refractivity contribution >= 4 is 34.2 Å². The number of rotatable bonds is 10. The molecule has 0 N–H and O–H groups in total. The SMILES string of the molecule is COc1cc2nccc(Oc3ccc(CC(=O)C4(C(=O)Cc5ccc(F)cc5)CC4)cc3Cl)c2nc1OC. The summed E-state index contributed by atoms with van der Waals surface area (Å²) >= 11 is 6.52. The summed E-state index contributed by atoms with van der Waals surface area (Å²) in [6, 6.07) is 14.2. The summed E-state index contributed by atoms with van der Waals surface area (Å²) in [5, 5.41) is 0.309. The van der Waals surface area contributed by atoms with Crippen molar-refractivity contribution in [3.8, 4) is 23.1 Å². The van der Waals surface area contributed by atoms with Crippen LogP contribution in [0.2, 0.25) is 5.02 Å². The van der Waals surface area contributed by atoms with E-state index in [2.05, 4.69) is 9.97 Å². The van der Waals surface area contributed by atoms with E-state index in [4.69, 9.17) is 25.8 Å². The van der Waals surface area contributed by atoms with E-state index in [1.165, 1.54) is 26.4 Å². The number of hydrogen-bond donors (Lipinski definition) is 0. The number of ether oxygens (including phenoxy) is 3. The fourth-order valence-corrected chi connectivity index (χ4v) is 4.63.